The van der Waals surface area contributed by atoms with Crippen molar-refractivity contribution in [1.82, 2.24) is 0 Å². The molecule has 108 valence electrons. The van der Waals surface area contributed by atoms with Gasteiger partial charge in [-0.15, -0.1) is 0 Å². The molecule has 0 amide bonds. The molecule has 0 heterocycles. The van der Waals surface area contributed by atoms with Crippen molar-refractivity contribution < 1.29 is 24.6 Å². The smallest absolute Gasteiger partial charge is 0.358 e. The standard InChI is InChI=1S/C13H16N2O5/c1-13(2,3)20-12(18)8-6-4-5-7(9(8)14)10(15-19)11(16)17/h4-6,19H,14H2,1-3H3,(H,16,17). The molecule has 1 aromatic carbocycles. The number of aliphatic carboxylic acids is 1. The molecule has 0 saturated carbocycles. The Hall–Kier alpha value is -2.57. The first-order valence-electron chi connectivity index (χ1n) is 5.75. The molecule has 0 aliphatic carbocycles. The van der Waals surface area contributed by atoms with Gasteiger partial charge in [0.2, 0.25) is 0 Å². The number of oxime groups is 1. The number of esters is 1. The minimum absolute atomic E-state index is 0.0137. The Bertz CT molecular complexity index is 573. The number of carbonyl (C=O) groups excluding carboxylic acids is 1. The Kier molecular flexibility index (Phi) is 4.34. The molecule has 7 heteroatoms. The number of nitrogens with two attached hydrogens (primary N) is 1. The fourth-order valence-corrected chi connectivity index (χ4v) is 1.49. The van der Waals surface area contributed by atoms with Crippen molar-refractivity contribution in [2.45, 2.75) is 26.4 Å². The molecule has 7 nitrogen and oxygen atoms in total. The van der Waals surface area contributed by atoms with Crippen molar-refractivity contribution in [1.29, 1.82) is 0 Å². The monoisotopic (exact) mass is 280 g/mol. The molecule has 0 aliphatic rings. The Morgan fingerprint density at radius 2 is 1.80 bits per heavy atom. The van der Waals surface area contributed by atoms with Gasteiger partial charge in [0.1, 0.15) is 5.60 Å². The summed E-state index contributed by atoms with van der Waals surface area (Å²) in [6.45, 7) is 5.09. The molecular formula is C13H16N2O5. The molecule has 0 bridgehead atoms. The van der Waals surface area contributed by atoms with Gasteiger partial charge in [0.25, 0.3) is 0 Å². The van der Waals surface area contributed by atoms with Crippen LogP contribution < -0.4 is 5.73 Å². The van der Waals surface area contributed by atoms with Crippen molar-refractivity contribution in [3.05, 3.63) is 29.3 Å². The van der Waals surface area contributed by atoms with E-state index in [-0.39, 0.29) is 16.8 Å². The van der Waals surface area contributed by atoms with E-state index in [1.807, 2.05) is 0 Å². The first-order chi connectivity index (χ1) is 9.17. The zero-order valence-corrected chi connectivity index (χ0v) is 11.4. The van der Waals surface area contributed by atoms with Crippen LogP contribution in [0.5, 0.6) is 0 Å². The Morgan fingerprint density at radius 1 is 1.25 bits per heavy atom. The number of hydrogen-bond acceptors (Lipinski definition) is 6. The van der Waals surface area contributed by atoms with E-state index in [9.17, 15) is 9.59 Å². The number of para-hydroxylation sites is 1. The van der Waals surface area contributed by atoms with Crippen molar-refractivity contribution in [3.63, 3.8) is 0 Å². The highest BCUT2D eigenvalue weighted by atomic mass is 16.6. The van der Waals surface area contributed by atoms with Gasteiger partial charge >= 0.3 is 11.9 Å². The van der Waals surface area contributed by atoms with Crippen molar-refractivity contribution in [2.24, 2.45) is 5.16 Å². The first-order valence-corrected chi connectivity index (χ1v) is 5.75. The molecule has 4 N–H and O–H groups in total. The van der Waals surface area contributed by atoms with E-state index < -0.39 is 23.3 Å². The minimum Gasteiger partial charge on any atom is -0.476 e. The summed E-state index contributed by atoms with van der Waals surface area (Å²) in [6, 6.07) is 4.18. The van der Waals surface area contributed by atoms with Crippen LogP contribution in [0.25, 0.3) is 0 Å². The van der Waals surface area contributed by atoms with Gasteiger partial charge < -0.3 is 20.8 Å². The Morgan fingerprint density at radius 3 is 2.25 bits per heavy atom. The summed E-state index contributed by atoms with van der Waals surface area (Å²) >= 11 is 0. The van der Waals surface area contributed by atoms with Crippen molar-refractivity contribution in [3.8, 4) is 0 Å². The lowest BCUT2D eigenvalue weighted by atomic mass is 10.0. The van der Waals surface area contributed by atoms with Crippen LogP contribution in [-0.2, 0) is 9.53 Å². The van der Waals surface area contributed by atoms with E-state index >= 15 is 0 Å². The average molecular weight is 280 g/mol. The number of benzene rings is 1. The minimum atomic E-state index is -1.46. The van der Waals surface area contributed by atoms with Crippen LogP contribution in [0.4, 0.5) is 5.69 Å². The summed E-state index contributed by atoms with van der Waals surface area (Å²) in [5.41, 5.74) is 4.26. The predicted octanol–water partition coefficient (Wildman–Crippen LogP) is 1.49. The van der Waals surface area contributed by atoms with Crippen LogP contribution in [0.1, 0.15) is 36.7 Å². The number of carbonyl (C=O) groups is 2. The highest BCUT2D eigenvalue weighted by Crippen LogP contribution is 2.21. The number of rotatable bonds is 3. The quantitative estimate of drug-likeness (QED) is 0.253. The summed E-state index contributed by atoms with van der Waals surface area (Å²) in [5, 5.41) is 20.3. The van der Waals surface area contributed by atoms with E-state index in [2.05, 4.69) is 5.16 Å². The lowest BCUT2D eigenvalue weighted by Crippen LogP contribution is -2.25. The zero-order valence-electron chi connectivity index (χ0n) is 11.4. The number of carboxylic acids is 1. The van der Waals surface area contributed by atoms with Gasteiger partial charge in [0.15, 0.2) is 5.71 Å². The first kappa shape index (κ1) is 15.5. The van der Waals surface area contributed by atoms with Crippen molar-refractivity contribution >= 4 is 23.3 Å². The number of hydrogen-bond donors (Lipinski definition) is 3. The van der Waals surface area contributed by atoms with E-state index in [4.69, 9.17) is 20.8 Å². The predicted molar refractivity (Wildman–Crippen MR) is 72.0 cm³/mol. The molecule has 0 spiro atoms. The van der Waals surface area contributed by atoms with Gasteiger partial charge in [-0.3, -0.25) is 0 Å². The van der Waals surface area contributed by atoms with E-state index in [1.54, 1.807) is 20.8 Å². The van der Waals surface area contributed by atoms with Gasteiger partial charge in [-0.05, 0) is 26.8 Å². The van der Waals surface area contributed by atoms with Crippen LogP contribution >= 0.6 is 0 Å². The van der Waals surface area contributed by atoms with E-state index in [1.165, 1.54) is 18.2 Å². The van der Waals surface area contributed by atoms with E-state index in [0.29, 0.717) is 0 Å². The lowest BCUT2D eigenvalue weighted by Gasteiger charge is -2.20. The van der Waals surface area contributed by atoms with Gasteiger partial charge in [-0.2, -0.15) is 0 Å². The van der Waals surface area contributed by atoms with Gasteiger partial charge in [0.05, 0.1) is 11.3 Å². The fourth-order valence-electron chi connectivity index (χ4n) is 1.49. The van der Waals surface area contributed by atoms with Crippen LogP contribution in [0, 0.1) is 0 Å². The molecule has 0 aromatic heterocycles. The number of carboxylic acid groups (broad SMARTS) is 1. The average Bonchev–Trinajstić information content (AvgIpc) is 2.29. The highest BCUT2D eigenvalue weighted by Gasteiger charge is 2.24. The third-order valence-electron chi connectivity index (χ3n) is 2.28. The van der Waals surface area contributed by atoms with Crippen LogP contribution in [0.2, 0.25) is 0 Å². The van der Waals surface area contributed by atoms with Gasteiger partial charge in [-0.1, -0.05) is 17.3 Å². The molecule has 0 radical (unpaired) electrons. The van der Waals surface area contributed by atoms with Crippen LogP contribution in [-0.4, -0.2) is 33.6 Å². The largest absolute Gasteiger partial charge is 0.476 e. The fraction of sp³-hybridized carbons (Fsp3) is 0.308. The topological polar surface area (TPSA) is 122 Å². The number of anilines is 1. The van der Waals surface area contributed by atoms with Crippen LogP contribution in [0.3, 0.4) is 0 Å². The molecule has 1 rings (SSSR count). The molecule has 0 saturated heterocycles. The second kappa shape index (κ2) is 5.60. The maximum absolute atomic E-state index is 12.0. The number of nitrogen functional groups attached to an aromatic ring is 1. The molecule has 0 fully saturated rings. The Labute approximate surface area is 115 Å². The Balaban J connectivity index is 3.27. The maximum atomic E-state index is 12.0. The summed E-state index contributed by atoms with van der Waals surface area (Å²) in [4.78, 5) is 22.9. The van der Waals surface area contributed by atoms with Crippen LogP contribution in [0.15, 0.2) is 23.4 Å². The summed E-state index contributed by atoms with van der Waals surface area (Å²) in [5.74, 6) is -2.14. The number of nitrogens with zero attached hydrogens (tertiary/aromatic N) is 1. The highest BCUT2D eigenvalue weighted by molar-refractivity contribution is 6.43. The molecule has 0 unspecified atom stereocenters. The molecule has 20 heavy (non-hydrogen) atoms. The summed E-state index contributed by atoms with van der Waals surface area (Å²) < 4.78 is 5.16. The summed E-state index contributed by atoms with van der Waals surface area (Å²) in [7, 11) is 0. The zero-order chi connectivity index (χ0) is 15.5. The van der Waals surface area contributed by atoms with Gasteiger partial charge in [0, 0.05) is 5.56 Å². The molecule has 0 atom stereocenters. The van der Waals surface area contributed by atoms with E-state index in [0.717, 1.165) is 0 Å². The number of ether oxygens (including phenoxy) is 1. The van der Waals surface area contributed by atoms with Crippen molar-refractivity contribution in [2.75, 3.05) is 5.73 Å². The second-order valence-electron chi connectivity index (χ2n) is 5.02. The third kappa shape index (κ3) is 3.47. The second-order valence-corrected chi connectivity index (χ2v) is 5.02. The summed E-state index contributed by atoms with van der Waals surface area (Å²) in [6.07, 6.45) is 0. The normalized spacial score (nSPS) is 12.1. The lowest BCUT2D eigenvalue weighted by molar-refractivity contribution is -0.129. The van der Waals surface area contributed by atoms with Gasteiger partial charge in [-0.25, -0.2) is 9.59 Å². The molecular weight excluding hydrogens is 264 g/mol. The maximum Gasteiger partial charge on any atom is 0.358 e. The third-order valence-corrected chi connectivity index (χ3v) is 2.28. The SMILES string of the molecule is CC(C)(C)OC(=O)c1cccc(C(=NO)C(=O)O)c1N. The molecule has 0 aliphatic heterocycles. The molecule has 1 aromatic rings.